The van der Waals surface area contributed by atoms with Crippen LogP contribution in [0.2, 0.25) is 5.02 Å². The van der Waals surface area contributed by atoms with Crippen LogP contribution >= 0.6 is 11.6 Å². The number of aromatic nitrogens is 1. The maximum atomic E-state index is 9.24. The predicted octanol–water partition coefficient (Wildman–Crippen LogP) is 2.92. The molecule has 1 aliphatic rings. The molecule has 0 amide bonds. The maximum absolute atomic E-state index is 9.24. The fourth-order valence-electron chi connectivity index (χ4n) is 2.63. The van der Waals surface area contributed by atoms with Crippen molar-refractivity contribution in [3.8, 4) is 0 Å². The van der Waals surface area contributed by atoms with Gasteiger partial charge in [0.15, 0.2) is 0 Å². The van der Waals surface area contributed by atoms with Gasteiger partial charge in [-0.3, -0.25) is 0 Å². The second-order valence-electron chi connectivity index (χ2n) is 4.54. The summed E-state index contributed by atoms with van der Waals surface area (Å²) in [7, 11) is 0. The van der Waals surface area contributed by atoms with Gasteiger partial charge in [-0.05, 0) is 36.8 Å². The van der Waals surface area contributed by atoms with Crippen molar-refractivity contribution in [1.29, 1.82) is 0 Å². The first-order valence-electron chi connectivity index (χ1n) is 5.68. The van der Waals surface area contributed by atoms with Crippen LogP contribution in [0.3, 0.4) is 0 Å². The fourth-order valence-corrected chi connectivity index (χ4v) is 2.85. The molecule has 1 atom stereocenters. The monoisotopic (exact) mass is 235 g/mol. The Hall–Kier alpha value is -0.990. The number of aliphatic hydroxyl groups excluding tert-OH is 1. The highest BCUT2D eigenvalue weighted by Gasteiger charge is 2.22. The molecular weight excluding hydrogens is 222 g/mol. The number of aryl methyl sites for hydroxylation is 1. The van der Waals surface area contributed by atoms with E-state index in [2.05, 4.69) is 11.1 Å². The molecule has 0 radical (unpaired) electrons. The minimum Gasteiger partial charge on any atom is -0.396 e. The molecule has 0 saturated heterocycles. The lowest BCUT2D eigenvalue weighted by molar-refractivity contribution is 0.213. The van der Waals surface area contributed by atoms with E-state index in [1.165, 1.54) is 16.6 Å². The van der Waals surface area contributed by atoms with E-state index in [0.717, 1.165) is 29.8 Å². The molecule has 0 spiro atoms. The van der Waals surface area contributed by atoms with E-state index >= 15 is 0 Å². The molecule has 1 aliphatic carbocycles. The van der Waals surface area contributed by atoms with Gasteiger partial charge in [0.1, 0.15) is 0 Å². The van der Waals surface area contributed by atoms with E-state index in [1.54, 1.807) is 0 Å². The number of halogens is 1. The van der Waals surface area contributed by atoms with E-state index in [-0.39, 0.29) is 6.61 Å². The van der Waals surface area contributed by atoms with Gasteiger partial charge in [-0.2, -0.15) is 0 Å². The van der Waals surface area contributed by atoms with Gasteiger partial charge in [-0.1, -0.05) is 23.7 Å². The van der Waals surface area contributed by atoms with Crippen molar-refractivity contribution in [3.05, 3.63) is 34.5 Å². The second-order valence-corrected chi connectivity index (χ2v) is 4.94. The molecule has 0 fully saturated rings. The number of para-hydroxylation sites is 1. The SMILES string of the molecule is OCC1CCc2[nH]c3c(Cl)cccc3c2C1. The summed E-state index contributed by atoms with van der Waals surface area (Å²) in [5.74, 6) is 0.408. The molecular formula is C13H14ClNO. The van der Waals surface area contributed by atoms with Gasteiger partial charge in [-0.25, -0.2) is 0 Å². The highest BCUT2D eigenvalue weighted by molar-refractivity contribution is 6.35. The largest absolute Gasteiger partial charge is 0.396 e. The number of nitrogens with one attached hydrogen (secondary N) is 1. The summed E-state index contributed by atoms with van der Waals surface area (Å²) < 4.78 is 0. The third kappa shape index (κ3) is 1.45. The average Bonchev–Trinajstić information content (AvgIpc) is 2.68. The third-order valence-corrected chi connectivity index (χ3v) is 3.85. The van der Waals surface area contributed by atoms with Gasteiger partial charge in [0.05, 0.1) is 10.5 Å². The molecule has 0 saturated carbocycles. The van der Waals surface area contributed by atoms with Crippen molar-refractivity contribution in [2.45, 2.75) is 19.3 Å². The van der Waals surface area contributed by atoms with Crippen LogP contribution in [-0.2, 0) is 12.8 Å². The first kappa shape index (κ1) is 10.2. The minimum absolute atomic E-state index is 0.284. The molecule has 1 unspecified atom stereocenters. The number of hydrogen-bond donors (Lipinski definition) is 2. The number of hydrogen-bond acceptors (Lipinski definition) is 1. The molecule has 1 aromatic carbocycles. The Kier molecular flexibility index (Phi) is 2.41. The Labute approximate surface area is 99.2 Å². The van der Waals surface area contributed by atoms with Gasteiger partial charge in [0.25, 0.3) is 0 Å². The molecule has 1 aromatic heterocycles. The van der Waals surface area contributed by atoms with Crippen LogP contribution in [0.15, 0.2) is 18.2 Å². The van der Waals surface area contributed by atoms with Gasteiger partial charge in [0, 0.05) is 17.7 Å². The lowest BCUT2D eigenvalue weighted by atomic mass is 9.87. The summed E-state index contributed by atoms with van der Waals surface area (Å²) in [4.78, 5) is 3.42. The Balaban J connectivity index is 2.18. The average molecular weight is 236 g/mol. The minimum atomic E-state index is 0.284. The molecule has 0 aliphatic heterocycles. The topological polar surface area (TPSA) is 36.0 Å². The Morgan fingerprint density at radius 1 is 1.44 bits per heavy atom. The van der Waals surface area contributed by atoms with Crippen molar-refractivity contribution < 1.29 is 5.11 Å². The summed E-state index contributed by atoms with van der Waals surface area (Å²) in [6.45, 7) is 0.284. The highest BCUT2D eigenvalue weighted by Crippen LogP contribution is 2.34. The number of fused-ring (bicyclic) bond motifs is 3. The smallest absolute Gasteiger partial charge is 0.0648 e. The third-order valence-electron chi connectivity index (χ3n) is 3.53. The van der Waals surface area contributed by atoms with Gasteiger partial charge < -0.3 is 10.1 Å². The Morgan fingerprint density at radius 2 is 2.31 bits per heavy atom. The van der Waals surface area contributed by atoms with Crippen molar-refractivity contribution in [1.82, 2.24) is 4.98 Å². The number of rotatable bonds is 1. The van der Waals surface area contributed by atoms with Crippen molar-refractivity contribution in [2.24, 2.45) is 5.92 Å². The molecule has 16 heavy (non-hydrogen) atoms. The summed E-state index contributed by atoms with van der Waals surface area (Å²) >= 11 is 6.17. The molecule has 84 valence electrons. The number of benzene rings is 1. The van der Waals surface area contributed by atoms with Gasteiger partial charge >= 0.3 is 0 Å². The second kappa shape index (κ2) is 3.79. The lowest BCUT2D eigenvalue weighted by Crippen LogP contribution is -2.16. The van der Waals surface area contributed by atoms with E-state index in [0.29, 0.717) is 5.92 Å². The first-order valence-corrected chi connectivity index (χ1v) is 6.06. The summed E-state index contributed by atoms with van der Waals surface area (Å²) in [5.41, 5.74) is 3.70. The van der Waals surface area contributed by atoms with Crippen LogP contribution in [0.25, 0.3) is 10.9 Å². The van der Waals surface area contributed by atoms with E-state index in [4.69, 9.17) is 11.6 Å². The molecule has 2 N–H and O–H groups in total. The molecule has 1 heterocycles. The fraction of sp³-hybridized carbons (Fsp3) is 0.385. The van der Waals surface area contributed by atoms with E-state index in [1.807, 2.05) is 12.1 Å². The molecule has 3 heteroatoms. The Morgan fingerprint density at radius 3 is 3.12 bits per heavy atom. The quantitative estimate of drug-likeness (QED) is 0.784. The number of aliphatic hydroxyl groups is 1. The summed E-state index contributed by atoms with van der Waals surface area (Å²) in [6, 6.07) is 6.01. The maximum Gasteiger partial charge on any atom is 0.0648 e. The van der Waals surface area contributed by atoms with E-state index in [9.17, 15) is 5.11 Å². The van der Waals surface area contributed by atoms with Crippen LogP contribution in [0.1, 0.15) is 17.7 Å². The van der Waals surface area contributed by atoms with Crippen LogP contribution < -0.4 is 0 Å². The van der Waals surface area contributed by atoms with Gasteiger partial charge in [0.2, 0.25) is 0 Å². The first-order chi connectivity index (χ1) is 7.79. The van der Waals surface area contributed by atoms with Crippen LogP contribution in [0.4, 0.5) is 0 Å². The number of H-pyrrole nitrogens is 1. The van der Waals surface area contributed by atoms with Crippen LogP contribution in [-0.4, -0.2) is 16.7 Å². The van der Waals surface area contributed by atoms with Crippen molar-refractivity contribution in [3.63, 3.8) is 0 Å². The van der Waals surface area contributed by atoms with Crippen LogP contribution in [0.5, 0.6) is 0 Å². The van der Waals surface area contributed by atoms with Gasteiger partial charge in [-0.15, -0.1) is 0 Å². The molecule has 0 bridgehead atoms. The standard InChI is InChI=1S/C13H14ClNO/c14-11-3-1-2-9-10-6-8(7-16)4-5-12(10)15-13(9)11/h1-3,8,15-16H,4-7H2. The molecule has 2 nitrogen and oxygen atoms in total. The normalized spacial score (nSPS) is 20.0. The predicted molar refractivity (Wildman–Crippen MR) is 65.9 cm³/mol. The Bertz CT molecular complexity index is 532. The van der Waals surface area contributed by atoms with Crippen molar-refractivity contribution >= 4 is 22.5 Å². The zero-order chi connectivity index (χ0) is 11.1. The van der Waals surface area contributed by atoms with Crippen LogP contribution in [0, 0.1) is 5.92 Å². The van der Waals surface area contributed by atoms with E-state index < -0.39 is 0 Å². The highest BCUT2D eigenvalue weighted by atomic mass is 35.5. The van der Waals surface area contributed by atoms with Crippen molar-refractivity contribution in [2.75, 3.05) is 6.61 Å². The summed E-state index contributed by atoms with van der Waals surface area (Å²) in [6.07, 6.45) is 3.05. The lowest BCUT2D eigenvalue weighted by Gasteiger charge is -2.20. The zero-order valence-corrected chi connectivity index (χ0v) is 9.72. The molecule has 2 aromatic rings. The zero-order valence-electron chi connectivity index (χ0n) is 8.96. The molecule has 3 rings (SSSR count). The summed E-state index contributed by atoms with van der Waals surface area (Å²) in [5, 5.41) is 11.3. The number of aromatic amines is 1.